The molecule has 0 heterocycles. The first-order chi connectivity index (χ1) is 8.63. The van der Waals surface area contributed by atoms with Gasteiger partial charge in [-0.1, -0.05) is 20.8 Å². The van der Waals surface area contributed by atoms with E-state index in [0.717, 1.165) is 39.3 Å². The summed E-state index contributed by atoms with van der Waals surface area (Å²) in [6, 6.07) is 0.524. The minimum atomic E-state index is 0.464. The summed E-state index contributed by atoms with van der Waals surface area (Å²) < 4.78 is 10.9. The summed E-state index contributed by atoms with van der Waals surface area (Å²) in [6.07, 6.45) is 1.09. The third kappa shape index (κ3) is 16.2. The molecule has 4 nitrogen and oxygen atoms in total. The molecule has 0 aliphatic carbocycles. The molecule has 0 bridgehead atoms. The van der Waals surface area contributed by atoms with Crippen LogP contribution >= 0.6 is 12.6 Å². The van der Waals surface area contributed by atoms with Gasteiger partial charge in [-0.15, -0.1) is 0 Å². The maximum atomic E-state index is 5.44. The Kier molecular flexibility index (Phi) is 13.8. The van der Waals surface area contributed by atoms with E-state index in [1.807, 2.05) is 0 Å². The van der Waals surface area contributed by atoms with Crippen molar-refractivity contribution in [1.82, 2.24) is 10.6 Å². The lowest BCUT2D eigenvalue weighted by atomic mass is 10.3. The zero-order valence-corrected chi connectivity index (χ0v) is 13.0. The van der Waals surface area contributed by atoms with Gasteiger partial charge in [-0.3, -0.25) is 0 Å². The molecule has 0 amide bonds. The Labute approximate surface area is 118 Å². The van der Waals surface area contributed by atoms with Crippen LogP contribution < -0.4 is 10.6 Å². The van der Waals surface area contributed by atoms with E-state index in [0.29, 0.717) is 24.5 Å². The summed E-state index contributed by atoms with van der Waals surface area (Å²) in [6.45, 7) is 12.0. The number of rotatable bonds is 13. The first-order valence-corrected chi connectivity index (χ1v) is 7.42. The van der Waals surface area contributed by atoms with Gasteiger partial charge in [0.2, 0.25) is 0 Å². The molecule has 0 saturated carbocycles. The maximum Gasteiger partial charge on any atom is 0.0701 e. The summed E-state index contributed by atoms with van der Waals surface area (Å²) in [5, 5.41) is 7.08. The van der Waals surface area contributed by atoms with Gasteiger partial charge in [0.05, 0.1) is 26.4 Å². The van der Waals surface area contributed by atoms with E-state index in [9.17, 15) is 0 Å². The maximum absolute atomic E-state index is 5.44. The Morgan fingerprint density at radius 1 is 0.889 bits per heavy atom. The number of thiol groups is 1. The zero-order chi connectivity index (χ0) is 13.6. The smallest absolute Gasteiger partial charge is 0.0701 e. The lowest BCUT2D eigenvalue weighted by Crippen LogP contribution is -2.27. The van der Waals surface area contributed by atoms with Gasteiger partial charge < -0.3 is 20.1 Å². The molecule has 5 heteroatoms. The molecule has 18 heavy (non-hydrogen) atoms. The highest BCUT2D eigenvalue weighted by atomic mass is 32.1. The van der Waals surface area contributed by atoms with E-state index in [-0.39, 0.29) is 0 Å². The Morgan fingerprint density at radius 2 is 1.50 bits per heavy atom. The van der Waals surface area contributed by atoms with Crippen molar-refractivity contribution in [3.63, 3.8) is 0 Å². The van der Waals surface area contributed by atoms with Crippen LogP contribution in [0.15, 0.2) is 0 Å². The molecule has 0 radical (unpaired) electrons. The van der Waals surface area contributed by atoms with Gasteiger partial charge >= 0.3 is 0 Å². The minimum absolute atomic E-state index is 0.464. The lowest BCUT2D eigenvalue weighted by Gasteiger charge is -2.09. The van der Waals surface area contributed by atoms with E-state index < -0.39 is 0 Å². The predicted molar refractivity (Wildman–Crippen MR) is 80.7 cm³/mol. The minimum Gasteiger partial charge on any atom is -0.378 e. The van der Waals surface area contributed by atoms with Crippen molar-refractivity contribution in [2.24, 2.45) is 0 Å². The number of hydrogen-bond donors (Lipinski definition) is 3. The van der Waals surface area contributed by atoms with Gasteiger partial charge in [0.1, 0.15) is 0 Å². The average Bonchev–Trinajstić information content (AvgIpc) is 2.29. The van der Waals surface area contributed by atoms with Crippen LogP contribution in [0, 0.1) is 0 Å². The zero-order valence-electron chi connectivity index (χ0n) is 12.1. The van der Waals surface area contributed by atoms with Gasteiger partial charge in [0.25, 0.3) is 0 Å². The van der Waals surface area contributed by atoms with Crippen LogP contribution in [-0.4, -0.2) is 57.4 Å². The van der Waals surface area contributed by atoms with E-state index >= 15 is 0 Å². The second kappa shape index (κ2) is 13.6. The molecule has 0 aromatic rings. The number of hydrogen-bond acceptors (Lipinski definition) is 5. The fourth-order valence-corrected chi connectivity index (χ4v) is 1.45. The molecule has 0 aliphatic heterocycles. The number of ether oxygens (including phenoxy) is 2. The fourth-order valence-electron chi connectivity index (χ4n) is 1.32. The third-order valence-corrected chi connectivity index (χ3v) is 2.59. The largest absolute Gasteiger partial charge is 0.378 e. The predicted octanol–water partition coefficient (Wildman–Crippen LogP) is 1.32. The molecule has 1 unspecified atom stereocenters. The molecule has 0 rings (SSSR count). The van der Waals surface area contributed by atoms with Crippen molar-refractivity contribution < 1.29 is 9.47 Å². The third-order valence-electron chi connectivity index (χ3n) is 2.33. The lowest BCUT2D eigenvalue weighted by molar-refractivity contribution is 0.0495. The van der Waals surface area contributed by atoms with E-state index in [1.165, 1.54) is 0 Å². The Bertz CT molecular complexity index is 151. The molecule has 0 aliphatic rings. The summed E-state index contributed by atoms with van der Waals surface area (Å²) in [5.74, 6) is 0. The van der Waals surface area contributed by atoms with Crippen LogP contribution in [0.5, 0.6) is 0 Å². The Hall–Kier alpha value is 0.190. The molecular formula is C13H30N2O2S. The molecular weight excluding hydrogens is 248 g/mol. The van der Waals surface area contributed by atoms with Crippen molar-refractivity contribution in [2.45, 2.75) is 38.5 Å². The first kappa shape index (κ1) is 18.2. The normalized spacial score (nSPS) is 13.2. The monoisotopic (exact) mass is 278 g/mol. The second-order valence-electron chi connectivity index (χ2n) is 4.72. The molecule has 0 spiro atoms. The SMILES string of the molecule is CC(S)CCNCCOCCOCCNC(C)C. The number of nitrogens with one attached hydrogen (secondary N) is 2. The second-order valence-corrected chi connectivity index (χ2v) is 5.60. The van der Waals surface area contributed by atoms with Gasteiger partial charge in [0, 0.05) is 24.4 Å². The quantitative estimate of drug-likeness (QED) is 0.351. The van der Waals surface area contributed by atoms with Crippen molar-refractivity contribution in [1.29, 1.82) is 0 Å². The highest BCUT2D eigenvalue weighted by Crippen LogP contribution is 1.95. The van der Waals surface area contributed by atoms with Crippen LogP contribution in [0.1, 0.15) is 27.2 Å². The van der Waals surface area contributed by atoms with Crippen LogP contribution in [0.25, 0.3) is 0 Å². The molecule has 0 fully saturated rings. The Balaban J connectivity index is 2.95. The highest BCUT2D eigenvalue weighted by molar-refractivity contribution is 7.80. The fraction of sp³-hybridized carbons (Fsp3) is 1.00. The molecule has 1 atom stereocenters. The molecule has 0 aromatic carbocycles. The summed E-state index contributed by atoms with van der Waals surface area (Å²) in [4.78, 5) is 0. The van der Waals surface area contributed by atoms with E-state index in [1.54, 1.807) is 0 Å². The van der Waals surface area contributed by atoms with Gasteiger partial charge in [-0.2, -0.15) is 12.6 Å². The topological polar surface area (TPSA) is 42.5 Å². The first-order valence-electron chi connectivity index (χ1n) is 6.90. The highest BCUT2D eigenvalue weighted by Gasteiger charge is 1.94. The van der Waals surface area contributed by atoms with Gasteiger partial charge in [0.15, 0.2) is 0 Å². The van der Waals surface area contributed by atoms with E-state index in [2.05, 4.69) is 44.0 Å². The molecule has 0 aromatic heterocycles. The summed E-state index contributed by atoms with van der Waals surface area (Å²) in [5.41, 5.74) is 0. The van der Waals surface area contributed by atoms with Gasteiger partial charge in [-0.05, 0) is 13.0 Å². The van der Waals surface area contributed by atoms with Crippen LogP contribution in [0.4, 0.5) is 0 Å². The van der Waals surface area contributed by atoms with Crippen molar-refractivity contribution in [2.75, 3.05) is 46.1 Å². The molecule has 110 valence electrons. The van der Waals surface area contributed by atoms with Crippen molar-refractivity contribution >= 4 is 12.6 Å². The summed E-state index contributed by atoms with van der Waals surface area (Å²) >= 11 is 4.32. The van der Waals surface area contributed by atoms with Crippen molar-refractivity contribution in [3.8, 4) is 0 Å². The summed E-state index contributed by atoms with van der Waals surface area (Å²) in [7, 11) is 0. The van der Waals surface area contributed by atoms with Crippen LogP contribution in [0.3, 0.4) is 0 Å². The molecule has 0 saturated heterocycles. The Morgan fingerprint density at radius 3 is 2.06 bits per heavy atom. The van der Waals surface area contributed by atoms with Gasteiger partial charge in [-0.25, -0.2) is 0 Å². The van der Waals surface area contributed by atoms with E-state index in [4.69, 9.17) is 9.47 Å². The average molecular weight is 278 g/mol. The molecule has 2 N–H and O–H groups in total. The van der Waals surface area contributed by atoms with Crippen LogP contribution in [0.2, 0.25) is 0 Å². The van der Waals surface area contributed by atoms with Crippen LogP contribution in [-0.2, 0) is 9.47 Å². The standard InChI is InChI=1S/C13H30N2O2S/c1-12(2)15-7-9-17-11-10-16-8-6-14-5-4-13(3)18/h12-15,18H,4-11H2,1-3H3. The van der Waals surface area contributed by atoms with Crippen molar-refractivity contribution in [3.05, 3.63) is 0 Å².